The smallest absolute Gasteiger partial charge is 0.408 e. The van der Waals surface area contributed by atoms with Gasteiger partial charge in [0.05, 0.1) is 11.6 Å². The van der Waals surface area contributed by atoms with Gasteiger partial charge in [-0.05, 0) is 60.6 Å². The number of nitrogens with zero attached hydrogens (tertiary/aromatic N) is 1. The molecular weight excluding hydrogens is 340 g/mol. The number of nitrogens with one attached hydrogen (secondary N) is 1. The number of aromatic nitrogens is 1. The van der Waals surface area contributed by atoms with Crippen molar-refractivity contribution >= 4 is 17.0 Å². The second kappa shape index (κ2) is 6.12. The largest absolute Gasteiger partial charge is 0.417 e. The van der Waals surface area contributed by atoms with E-state index in [1.807, 2.05) is 23.1 Å². The minimum atomic E-state index is -0.459. The summed E-state index contributed by atoms with van der Waals surface area (Å²) in [6, 6.07) is 12.1. The highest BCUT2D eigenvalue weighted by atomic mass is 16.4. The summed E-state index contributed by atoms with van der Waals surface area (Å²) < 4.78 is 5.15. The van der Waals surface area contributed by atoms with Crippen molar-refractivity contribution in [3.8, 4) is 0 Å². The van der Waals surface area contributed by atoms with Gasteiger partial charge < -0.3 is 9.32 Å². The molecule has 5 heteroatoms. The van der Waals surface area contributed by atoms with E-state index in [-0.39, 0.29) is 11.9 Å². The maximum atomic E-state index is 13.1. The second-order valence-electron chi connectivity index (χ2n) is 7.78. The lowest BCUT2D eigenvalue weighted by atomic mass is 9.93. The van der Waals surface area contributed by atoms with E-state index in [1.165, 1.54) is 31.2 Å². The quantitative estimate of drug-likeness (QED) is 0.746. The van der Waals surface area contributed by atoms with E-state index in [1.54, 1.807) is 0 Å². The molecule has 1 aliphatic carbocycles. The van der Waals surface area contributed by atoms with Crippen molar-refractivity contribution in [2.24, 2.45) is 0 Å². The molecule has 1 fully saturated rings. The lowest BCUT2D eigenvalue weighted by Gasteiger charge is -2.22. The summed E-state index contributed by atoms with van der Waals surface area (Å²) in [5, 5.41) is 0. The van der Waals surface area contributed by atoms with Crippen LogP contribution in [0.1, 0.15) is 71.6 Å². The Bertz CT molecular complexity index is 1090. The summed E-state index contributed by atoms with van der Waals surface area (Å²) in [4.78, 5) is 29.0. The van der Waals surface area contributed by atoms with E-state index < -0.39 is 5.76 Å². The number of hydrogen-bond acceptors (Lipinski definition) is 3. The molecule has 1 unspecified atom stereocenters. The number of carbonyl (C=O) groups excluding carboxylic acids is 1. The van der Waals surface area contributed by atoms with Crippen LogP contribution < -0.4 is 5.76 Å². The molecule has 1 amide bonds. The average Bonchev–Trinajstić information content (AvgIpc) is 3.37. The molecule has 27 heavy (non-hydrogen) atoms. The van der Waals surface area contributed by atoms with Gasteiger partial charge in [-0.2, -0.15) is 0 Å². The normalized spacial score (nSPS) is 20.0. The van der Waals surface area contributed by atoms with Gasteiger partial charge in [0.25, 0.3) is 5.91 Å². The fourth-order valence-corrected chi connectivity index (χ4v) is 4.63. The first-order valence-electron chi connectivity index (χ1n) is 9.67. The first-order chi connectivity index (χ1) is 13.1. The Morgan fingerprint density at radius 2 is 1.93 bits per heavy atom. The van der Waals surface area contributed by atoms with Crippen molar-refractivity contribution < 1.29 is 9.21 Å². The Kier molecular flexibility index (Phi) is 3.71. The fourth-order valence-electron chi connectivity index (χ4n) is 4.63. The van der Waals surface area contributed by atoms with Crippen LogP contribution in [0.25, 0.3) is 11.1 Å². The van der Waals surface area contributed by atoms with Gasteiger partial charge in [0.15, 0.2) is 5.58 Å². The number of rotatable bonds is 3. The summed E-state index contributed by atoms with van der Waals surface area (Å²) >= 11 is 0. The van der Waals surface area contributed by atoms with Gasteiger partial charge in [0.2, 0.25) is 0 Å². The van der Waals surface area contributed by atoms with Crippen LogP contribution in [0.3, 0.4) is 0 Å². The second-order valence-corrected chi connectivity index (χ2v) is 7.78. The number of carbonyl (C=O) groups is 1. The molecular formula is C22H22N2O3. The Hall–Kier alpha value is -2.82. The van der Waals surface area contributed by atoms with Gasteiger partial charge >= 0.3 is 5.76 Å². The number of benzene rings is 2. The molecule has 138 valence electrons. The molecule has 0 bridgehead atoms. The molecule has 2 aliphatic rings. The molecule has 0 saturated heterocycles. The Morgan fingerprint density at radius 3 is 2.74 bits per heavy atom. The molecule has 0 radical (unpaired) electrons. The molecule has 1 N–H and O–H groups in total. The number of H-pyrrole nitrogens is 1. The lowest BCUT2D eigenvalue weighted by molar-refractivity contribution is 0.0723. The molecule has 1 atom stereocenters. The molecule has 0 spiro atoms. The maximum absolute atomic E-state index is 13.1. The van der Waals surface area contributed by atoms with E-state index >= 15 is 0 Å². The van der Waals surface area contributed by atoms with E-state index in [0.717, 1.165) is 16.7 Å². The van der Waals surface area contributed by atoms with Crippen LogP contribution in [0, 0.1) is 0 Å². The minimum Gasteiger partial charge on any atom is -0.408 e. The monoisotopic (exact) mass is 362 g/mol. The molecule has 1 aliphatic heterocycles. The number of aromatic amines is 1. The van der Waals surface area contributed by atoms with Crippen LogP contribution in [0.4, 0.5) is 0 Å². The molecule has 5 rings (SSSR count). The predicted molar refractivity (Wildman–Crippen MR) is 103 cm³/mol. The lowest BCUT2D eigenvalue weighted by Crippen LogP contribution is -2.26. The summed E-state index contributed by atoms with van der Waals surface area (Å²) in [5.41, 5.74) is 5.42. The van der Waals surface area contributed by atoms with Gasteiger partial charge in [0, 0.05) is 12.1 Å². The Morgan fingerprint density at radius 1 is 1.11 bits per heavy atom. The summed E-state index contributed by atoms with van der Waals surface area (Å²) in [7, 11) is 0. The topological polar surface area (TPSA) is 66.3 Å². The zero-order valence-corrected chi connectivity index (χ0v) is 15.3. The summed E-state index contributed by atoms with van der Waals surface area (Å²) in [5.74, 6) is 0.235. The molecule has 1 saturated carbocycles. The number of hydrogen-bond donors (Lipinski definition) is 1. The number of oxazole rings is 1. The van der Waals surface area contributed by atoms with Crippen molar-refractivity contribution in [1.82, 2.24) is 9.88 Å². The highest BCUT2D eigenvalue weighted by molar-refractivity contribution is 5.99. The van der Waals surface area contributed by atoms with Crippen LogP contribution in [0.5, 0.6) is 0 Å². The van der Waals surface area contributed by atoms with Crippen molar-refractivity contribution in [2.45, 2.75) is 51.1 Å². The standard InChI is InChI=1S/C22H22N2O3/c1-13-17-8-7-16(15-4-2-3-5-15)11-18(17)21(25)24(13)12-14-6-9-19-20(10-14)27-22(26)23-19/h6-11,13,15H,2-5,12H2,1H3,(H,23,26). The first kappa shape index (κ1) is 16.4. The third kappa shape index (κ3) is 2.69. The summed E-state index contributed by atoms with van der Waals surface area (Å²) in [6.07, 6.45) is 5.04. The van der Waals surface area contributed by atoms with Gasteiger partial charge in [-0.15, -0.1) is 0 Å². The van der Waals surface area contributed by atoms with Crippen molar-refractivity contribution in [3.63, 3.8) is 0 Å². The van der Waals surface area contributed by atoms with Crippen molar-refractivity contribution in [3.05, 3.63) is 69.2 Å². The predicted octanol–water partition coefficient (Wildman–Crippen LogP) is 4.50. The van der Waals surface area contributed by atoms with E-state index in [9.17, 15) is 9.59 Å². The highest BCUT2D eigenvalue weighted by Gasteiger charge is 2.34. The third-order valence-corrected chi connectivity index (χ3v) is 6.15. The minimum absolute atomic E-state index is 0.0408. The van der Waals surface area contributed by atoms with E-state index in [4.69, 9.17) is 4.42 Å². The van der Waals surface area contributed by atoms with Crippen molar-refractivity contribution in [2.75, 3.05) is 0 Å². The van der Waals surface area contributed by atoms with Gasteiger partial charge in [0.1, 0.15) is 0 Å². The Balaban J connectivity index is 1.44. The van der Waals surface area contributed by atoms with Gasteiger partial charge in [-0.25, -0.2) is 4.79 Å². The Labute approximate surface area is 157 Å². The average molecular weight is 362 g/mol. The van der Waals surface area contributed by atoms with Crippen LogP contribution in [-0.4, -0.2) is 15.8 Å². The van der Waals surface area contributed by atoms with Crippen LogP contribution in [-0.2, 0) is 6.54 Å². The molecule has 2 aromatic carbocycles. The van der Waals surface area contributed by atoms with Gasteiger partial charge in [-0.1, -0.05) is 31.0 Å². The fraction of sp³-hybridized carbons (Fsp3) is 0.364. The maximum Gasteiger partial charge on any atom is 0.417 e. The first-order valence-corrected chi connectivity index (χ1v) is 9.67. The SMILES string of the molecule is CC1c2ccc(C3CCCC3)cc2C(=O)N1Cc1ccc2[nH]c(=O)oc2c1. The molecule has 2 heterocycles. The number of amides is 1. The van der Waals surface area contributed by atoms with Crippen LogP contribution in [0.2, 0.25) is 0 Å². The number of fused-ring (bicyclic) bond motifs is 2. The summed E-state index contributed by atoms with van der Waals surface area (Å²) in [6.45, 7) is 2.58. The van der Waals surface area contributed by atoms with Crippen LogP contribution in [0.15, 0.2) is 45.6 Å². The zero-order valence-electron chi connectivity index (χ0n) is 15.3. The third-order valence-electron chi connectivity index (χ3n) is 6.15. The van der Waals surface area contributed by atoms with E-state index in [2.05, 4.69) is 30.1 Å². The van der Waals surface area contributed by atoms with Crippen LogP contribution >= 0.6 is 0 Å². The molecule has 5 nitrogen and oxygen atoms in total. The molecule has 1 aromatic heterocycles. The zero-order chi connectivity index (χ0) is 18.5. The van der Waals surface area contributed by atoms with E-state index in [0.29, 0.717) is 23.6 Å². The highest BCUT2D eigenvalue weighted by Crippen LogP contribution is 2.39. The molecule has 3 aromatic rings. The van der Waals surface area contributed by atoms with Crippen molar-refractivity contribution in [1.29, 1.82) is 0 Å². The van der Waals surface area contributed by atoms with Gasteiger partial charge in [-0.3, -0.25) is 9.78 Å².